The van der Waals surface area contributed by atoms with Crippen molar-refractivity contribution in [1.29, 1.82) is 0 Å². The number of rotatable bonds is 4. The van der Waals surface area contributed by atoms with Crippen molar-refractivity contribution in [1.82, 2.24) is 4.90 Å². The van der Waals surface area contributed by atoms with Gasteiger partial charge in [0, 0.05) is 6.54 Å². The Morgan fingerprint density at radius 1 is 0.955 bits per heavy atom. The zero-order valence-corrected chi connectivity index (χ0v) is 12.7. The Kier molecular flexibility index (Phi) is 4.14. The molecule has 1 fully saturated rings. The van der Waals surface area contributed by atoms with Crippen molar-refractivity contribution in [2.24, 2.45) is 5.73 Å². The van der Waals surface area contributed by atoms with Crippen LogP contribution in [0.2, 0.25) is 0 Å². The summed E-state index contributed by atoms with van der Waals surface area (Å²) in [5.74, 6) is 0. The quantitative estimate of drug-likeness (QED) is 0.923. The molecule has 22 heavy (non-hydrogen) atoms. The first-order valence-corrected chi connectivity index (χ1v) is 7.85. The maximum Gasteiger partial charge on any atom is 0.315 e. The van der Waals surface area contributed by atoms with Gasteiger partial charge in [0.05, 0.1) is 5.54 Å². The second kappa shape index (κ2) is 6.22. The van der Waals surface area contributed by atoms with Crippen molar-refractivity contribution in [3.8, 4) is 0 Å². The summed E-state index contributed by atoms with van der Waals surface area (Å²) >= 11 is 0. The fourth-order valence-electron chi connectivity index (χ4n) is 3.66. The molecule has 2 amide bonds. The summed E-state index contributed by atoms with van der Waals surface area (Å²) in [6, 6.07) is 20.5. The summed E-state index contributed by atoms with van der Waals surface area (Å²) in [6.45, 7) is 0.759. The molecule has 3 rings (SSSR count). The summed E-state index contributed by atoms with van der Waals surface area (Å²) in [5.41, 5.74) is 7.98. The molecule has 0 aliphatic carbocycles. The third kappa shape index (κ3) is 2.98. The van der Waals surface area contributed by atoms with Crippen molar-refractivity contribution in [3.63, 3.8) is 0 Å². The van der Waals surface area contributed by atoms with E-state index in [0.717, 1.165) is 32.2 Å². The van der Waals surface area contributed by atoms with Gasteiger partial charge in [0.25, 0.3) is 0 Å². The van der Waals surface area contributed by atoms with Crippen LogP contribution in [0.1, 0.15) is 24.0 Å². The van der Waals surface area contributed by atoms with E-state index in [-0.39, 0.29) is 11.6 Å². The molecular weight excluding hydrogens is 272 g/mol. The van der Waals surface area contributed by atoms with Crippen molar-refractivity contribution < 1.29 is 4.79 Å². The summed E-state index contributed by atoms with van der Waals surface area (Å²) in [6.07, 6.45) is 3.72. The number of hydrogen-bond acceptors (Lipinski definition) is 1. The van der Waals surface area contributed by atoms with E-state index < -0.39 is 0 Å². The standard InChI is InChI=1S/C19H22N2O/c20-18(22)21-13-7-12-19(21,14-16-8-3-1-4-9-16)15-17-10-5-2-6-11-17/h1-6,8-11H,7,12-15H2,(H2,20,22). The van der Waals surface area contributed by atoms with Gasteiger partial charge in [0.1, 0.15) is 0 Å². The van der Waals surface area contributed by atoms with Crippen LogP contribution in [0.5, 0.6) is 0 Å². The van der Waals surface area contributed by atoms with E-state index in [1.54, 1.807) is 0 Å². The number of primary amides is 1. The predicted octanol–water partition coefficient (Wildman–Crippen LogP) is 3.39. The van der Waals surface area contributed by atoms with Crippen LogP contribution in [0.25, 0.3) is 0 Å². The van der Waals surface area contributed by atoms with Crippen LogP contribution in [0.4, 0.5) is 4.79 Å². The van der Waals surface area contributed by atoms with Crippen LogP contribution in [0, 0.1) is 0 Å². The number of carbonyl (C=O) groups excluding carboxylic acids is 1. The Hall–Kier alpha value is -2.29. The second-order valence-electron chi connectivity index (χ2n) is 6.14. The highest BCUT2D eigenvalue weighted by atomic mass is 16.2. The van der Waals surface area contributed by atoms with Crippen LogP contribution in [0.3, 0.4) is 0 Å². The minimum atomic E-state index is -0.302. The zero-order valence-electron chi connectivity index (χ0n) is 12.7. The fourth-order valence-corrected chi connectivity index (χ4v) is 3.66. The molecule has 0 radical (unpaired) electrons. The van der Waals surface area contributed by atoms with Gasteiger partial charge in [0.2, 0.25) is 0 Å². The first kappa shape index (κ1) is 14.6. The smallest absolute Gasteiger partial charge is 0.315 e. The summed E-state index contributed by atoms with van der Waals surface area (Å²) < 4.78 is 0. The molecule has 1 saturated heterocycles. The molecule has 1 heterocycles. The SMILES string of the molecule is NC(=O)N1CCCC1(Cc1ccccc1)Cc1ccccc1. The minimum absolute atomic E-state index is 0.200. The molecule has 0 saturated carbocycles. The lowest BCUT2D eigenvalue weighted by molar-refractivity contribution is 0.152. The van der Waals surface area contributed by atoms with Crippen molar-refractivity contribution in [2.75, 3.05) is 6.54 Å². The molecule has 2 N–H and O–H groups in total. The monoisotopic (exact) mass is 294 g/mol. The molecule has 114 valence electrons. The van der Waals surface area contributed by atoms with Crippen LogP contribution >= 0.6 is 0 Å². The van der Waals surface area contributed by atoms with Gasteiger partial charge in [-0.2, -0.15) is 0 Å². The summed E-state index contributed by atoms with van der Waals surface area (Å²) in [7, 11) is 0. The van der Waals surface area contributed by atoms with Crippen molar-refractivity contribution in [2.45, 2.75) is 31.2 Å². The Balaban J connectivity index is 1.93. The van der Waals surface area contributed by atoms with Crippen molar-refractivity contribution in [3.05, 3.63) is 71.8 Å². The third-order valence-corrected chi connectivity index (χ3v) is 4.61. The Morgan fingerprint density at radius 2 is 1.45 bits per heavy atom. The minimum Gasteiger partial charge on any atom is -0.351 e. The number of nitrogens with two attached hydrogens (primary N) is 1. The maximum atomic E-state index is 11.9. The highest BCUT2D eigenvalue weighted by Gasteiger charge is 2.42. The molecule has 0 unspecified atom stereocenters. The molecule has 2 aromatic carbocycles. The summed E-state index contributed by atoms with van der Waals surface area (Å²) in [5, 5.41) is 0. The average molecular weight is 294 g/mol. The van der Waals surface area contributed by atoms with Gasteiger partial charge in [0.15, 0.2) is 0 Å². The van der Waals surface area contributed by atoms with E-state index in [0.29, 0.717) is 0 Å². The van der Waals surface area contributed by atoms with Gasteiger partial charge in [-0.1, -0.05) is 60.7 Å². The molecular formula is C19H22N2O. The highest BCUT2D eigenvalue weighted by Crippen LogP contribution is 2.35. The molecule has 3 nitrogen and oxygen atoms in total. The van der Waals surface area contributed by atoms with E-state index in [4.69, 9.17) is 5.73 Å². The van der Waals surface area contributed by atoms with E-state index in [2.05, 4.69) is 48.5 Å². The van der Waals surface area contributed by atoms with E-state index in [1.165, 1.54) is 11.1 Å². The number of likely N-dealkylation sites (tertiary alicyclic amines) is 1. The molecule has 0 bridgehead atoms. The molecule has 0 aromatic heterocycles. The van der Waals surface area contributed by atoms with Gasteiger partial charge >= 0.3 is 6.03 Å². The lowest BCUT2D eigenvalue weighted by Gasteiger charge is -2.38. The first-order chi connectivity index (χ1) is 10.7. The fraction of sp³-hybridized carbons (Fsp3) is 0.316. The Morgan fingerprint density at radius 3 is 1.91 bits per heavy atom. The predicted molar refractivity (Wildman–Crippen MR) is 88.5 cm³/mol. The Labute approximate surface area is 131 Å². The molecule has 3 heteroatoms. The summed E-state index contributed by atoms with van der Waals surface area (Å²) in [4.78, 5) is 13.8. The van der Waals surface area contributed by atoms with Gasteiger partial charge < -0.3 is 10.6 Å². The molecule has 0 atom stereocenters. The normalized spacial score (nSPS) is 16.6. The lowest BCUT2D eigenvalue weighted by Crippen LogP contribution is -2.52. The third-order valence-electron chi connectivity index (χ3n) is 4.61. The van der Waals surface area contributed by atoms with Crippen LogP contribution in [-0.2, 0) is 12.8 Å². The molecule has 0 spiro atoms. The maximum absolute atomic E-state index is 11.9. The topological polar surface area (TPSA) is 46.3 Å². The van der Waals surface area contributed by atoms with E-state index >= 15 is 0 Å². The molecule has 1 aliphatic rings. The number of benzene rings is 2. The van der Waals surface area contributed by atoms with Gasteiger partial charge in [-0.15, -0.1) is 0 Å². The molecule has 1 aliphatic heterocycles. The van der Waals surface area contributed by atoms with E-state index in [1.807, 2.05) is 17.0 Å². The van der Waals surface area contributed by atoms with Crippen molar-refractivity contribution >= 4 is 6.03 Å². The van der Waals surface area contributed by atoms with Gasteiger partial charge in [-0.3, -0.25) is 0 Å². The van der Waals surface area contributed by atoms with Crippen LogP contribution < -0.4 is 5.73 Å². The van der Waals surface area contributed by atoms with Gasteiger partial charge in [-0.05, 0) is 36.8 Å². The zero-order chi connectivity index (χ0) is 15.4. The average Bonchev–Trinajstić information content (AvgIpc) is 2.92. The number of carbonyl (C=O) groups is 1. The highest BCUT2D eigenvalue weighted by molar-refractivity contribution is 5.73. The second-order valence-corrected chi connectivity index (χ2v) is 6.14. The van der Waals surface area contributed by atoms with Gasteiger partial charge in [-0.25, -0.2) is 4.79 Å². The van der Waals surface area contributed by atoms with E-state index in [9.17, 15) is 4.79 Å². The number of hydrogen-bond donors (Lipinski definition) is 1. The number of urea groups is 1. The number of nitrogens with zero attached hydrogens (tertiary/aromatic N) is 1. The van der Waals surface area contributed by atoms with Crippen LogP contribution in [0.15, 0.2) is 60.7 Å². The van der Waals surface area contributed by atoms with Crippen LogP contribution in [-0.4, -0.2) is 23.0 Å². The Bertz CT molecular complexity index is 583. The number of amides is 2. The molecule has 2 aromatic rings. The lowest BCUT2D eigenvalue weighted by atomic mass is 9.82. The largest absolute Gasteiger partial charge is 0.351 e. The first-order valence-electron chi connectivity index (χ1n) is 7.85.